The van der Waals surface area contributed by atoms with Crippen LogP contribution < -0.4 is 11.3 Å². The minimum absolute atomic E-state index is 0. The first kappa shape index (κ1) is 24.7. The summed E-state index contributed by atoms with van der Waals surface area (Å²) in [5, 5.41) is 21.4. The van der Waals surface area contributed by atoms with Crippen molar-refractivity contribution in [2.45, 2.75) is 98.0 Å². The normalized spacial score (nSPS) is 47.5. The molecule has 4 aliphatic rings. The molecular weight excluding hydrogens is 390 g/mol. The van der Waals surface area contributed by atoms with Crippen molar-refractivity contribution in [3.05, 3.63) is 0 Å². The van der Waals surface area contributed by atoms with E-state index in [9.17, 15) is 19.8 Å². The van der Waals surface area contributed by atoms with E-state index in [1.54, 1.807) is 0 Å². The Hall–Kier alpha value is -0.940. The van der Waals surface area contributed by atoms with Crippen molar-refractivity contribution in [3.8, 4) is 0 Å². The number of carbonyl (C=O) groups is 2. The fraction of sp³-hybridized carbons (Fsp3) is 0.923. The molecule has 0 aromatic heterocycles. The van der Waals surface area contributed by atoms with Crippen LogP contribution >= 0.6 is 0 Å². The molecule has 0 unspecified atom stereocenters. The summed E-state index contributed by atoms with van der Waals surface area (Å²) in [5.41, 5.74) is 0.330. The second-order valence-electron chi connectivity index (χ2n) is 11.8. The molecular formula is C26H45NO4. The Bertz CT molecular complexity index is 695. The van der Waals surface area contributed by atoms with E-state index in [1.807, 2.05) is 0 Å². The quantitative estimate of drug-likeness (QED) is 0.667. The Labute approximate surface area is 188 Å². The van der Waals surface area contributed by atoms with Crippen LogP contribution in [0.1, 0.15) is 91.9 Å². The Morgan fingerprint density at radius 3 is 2.39 bits per heavy atom. The van der Waals surface area contributed by atoms with E-state index in [0.717, 1.165) is 51.4 Å². The summed E-state index contributed by atoms with van der Waals surface area (Å²) in [4.78, 5) is 24.9. The van der Waals surface area contributed by atoms with Crippen molar-refractivity contribution in [1.82, 2.24) is 6.15 Å². The number of aliphatic hydroxyl groups is 1. The zero-order chi connectivity index (χ0) is 21.8. The summed E-state index contributed by atoms with van der Waals surface area (Å²) >= 11 is 0. The molecule has 5 N–H and O–H groups in total. The van der Waals surface area contributed by atoms with Gasteiger partial charge in [0.2, 0.25) is 0 Å². The molecule has 178 valence electrons. The largest absolute Gasteiger partial charge is 0.550 e. The van der Waals surface area contributed by atoms with Gasteiger partial charge in [-0.3, -0.25) is 4.79 Å². The van der Waals surface area contributed by atoms with Crippen LogP contribution in [-0.4, -0.2) is 23.0 Å². The Morgan fingerprint density at radius 2 is 1.74 bits per heavy atom. The fourth-order valence-electron chi connectivity index (χ4n) is 9.16. The highest BCUT2D eigenvalue weighted by Crippen LogP contribution is 2.68. The highest BCUT2D eigenvalue weighted by Gasteiger charge is 2.64. The molecule has 4 aliphatic carbocycles. The van der Waals surface area contributed by atoms with Crippen LogP contribution in [0.15, 0.2) is 0 Å². The number of aliphatic carboxylic acids is 1. The van der Waals surface area contributed by atoms with E-state index in [1.165, 1.54) is 0 Å². The third-order valence-electron chi connectivity index (χ3n) is 10.7. The summed E-state index contributed by atoms with van der Waals surface area (Å²) in [6.45, 7) is 9.22. The van der Waals surface area contributed by atoms with E-state index < -0.39 is 5.97 Å². The second kappa shape index (κ2) is 8.78. The standard InChI is InChI=1S/C26H42O4.H3N/c1-5-17-21-14-16(27)10-12-26(21,4)20-11-13-25(3)18(15(2)6-9-22(28)29)7-8-19(25)23(20)24(17)30;/h15-21,23,27H,5-14H2,1-4H3,(H,28,29);1H3/t15-,16-,17+,18-,19+,20+,21+,23+,25-,26-;/m1./s1. The molecule has 5 nitrogen and oxygen atoms in total. The van der Waals surface area contributed by atoms with Crippen molar-refractivity contribution in [2.24, 2.45) is 52.3 Å². The van der Waals surface area contributed by atoms with Crippen LogP contribution in [-0.2, 0) is 9.59 Å². The molecule has 0 amide bonds. The number of quaternary nitrogens is 1. The van der Waals surface area contributed by atoms with Gasteiger partial charge in [-0.05, 0) is 105 Å². The smallest absolute Gasteiger partial charge is 0.139 e. The lowest BCUT2D eigenvalue weighted by molar-refractivity contribution is -0.306. The van der Waals surface area contributed by atoms with Gasteiger partial charge in [0, 0.05) is 17.8 Å². The number of hydrogen-bond acceptors (Lipinski definition) is 4. The summed E-state index contributed by atoms with van der Waals surface area (Å²) in [6.07, 6.45) is 8.74. The van der Waals surface area contributed by atoms with Crippen LogP contribution in [0.5, 0.6) is 0 Å². The first-order chi connectivity index (χ1) is 14.1. The topological polar surface area (TPSA) is 114 Å². The van der Waals surface area contributed by atoms with Gasteiger partial charge >= 0.3 is 0 Å². The Kier molecular flexibility index (Phi) is 6.99. The average Bonchev–Trinajstić information content (AvgIpc) is 3.05. The average molecular weight is 436 g/mol. The van der Waals surface area contributed by atoms with E-state index in [-0.39, 0.29) is 41.3 Å². The molecule has 0 saturated heterocycles. The van der Waals surface area contributed by atoms with Gasteiger partial charge < -0.3 is 21.2 Å². The number of rotatable bonds is 5. The van der Waals surface area contributed by atoms with Gasteiger partial charge in [-0.15, -0.1) is 0 Å². The van der Waals surface area contributed by atoms with Gasteiger partial charge in [0.25, 0.3) is 0 Å². The van der Waals surface area contributed by atoms with Gasteiger partial charge in [0.1, 0.15) is 5.78 Å². The highest BCUT2D eigenvalue weighted by atomic mass is 16.4. The summed E-state index contributed by atoms with van der Waals surface area (Å²) in [7, 11) is 0. The SMILES string of the molecule is CC[C@@H]1C(=O)[C@@H]2[C@H](CC[C@]3(C)[C@@H]([C@H](C)CCC(=O)[O-])CC[C@@H]23)[C@@]2(C)CC[C@@H](O)C[C@@H]12.[NH4+]. The van der Waals surface area contributed by atoms with Gasteiger partial charge in [-0.2, -0.15) is 0 Å². The van der Waals surface area contributed by atoms with E-state index in [0.29, 0.717) is 41.8 Å². The molecule has 0 bridgehead atoms. The lowest BCUT2D eigenvalue weighted by Gasteiger charge is -2.62. The number of Topliss-reactive ketones (excluding diaryl/α,β-unsaturated/α-hetero) is 1. The van der Waals surface area contributed by atoms with Crippen molar-refractivity contribution < 1.29 is 19.8 Å². The number of ketones is 1. The predicted octanol–water partition coefficient (Wildman–Crippen LogP) is 4.36. The maximum Gasteiger partial charge on any atom is 0.139 e. The number of fused-ring (bicyclic) bond motifs is 5. The number of carboxylic acids is 1. The molecule has 4 saturated carbocycles. The lowest BCUT2D eigenvalue weighted by atomic mass is 9.42. The van der Waals surface area contributed by atoms with Gasteiger partial charge in [-0.25, -0.2) is 0 Å². The molecule has 5 heteroatoms. The number of hydrogen-bond donors (Lipinski definition) is 2. The molecule has 0 radical (unpaired) electrons. The molecule has 0 aromatic carbocycles. The van der Waals surface area contributed by atoms with Gasteiger partial charge in [-0.1, -0.05) is 27.7 Å². The lowest BCUT2D eigenvalue weighted by Crippen LogP contribution is -2.60. The van der Waals surface area contributed by atoms with E-state index >= 15 is 0 Å². The molecule has 0 aliphatic heterocycles. The van der Waals surface area contributed by atoms with Crippen LogP contribution in [0.25, 0.3) is 0 Å². The monoisotopic (exact) mass is 435 g/mol. The van der Waals surface area contributed by atoms with Gasteiger partial charge in [0.05, 0.1) is 6.10 Å². The van der Waals surface area contributed by atoms with Crippen molar-refractivity contribution in [2.75, 3.05) is 0 Å². The summed E-state index contributed by atoms with van der Waals surface area (Å²) < 4.78 is 0. The zero-order valence-corrected chi connectivity index (χ0v) is 20.4. The van der Waals surface area contributed by atoms with E-state index in [4.69, 9.17) is 0 Å². The highest BCUT2D eigenvalue weighted by molar-refractivity contribution is 5.86. The van der Waals surface area contributed by atoms with Crippen LogP contribution in [0, 0.1) is 52.3 Å². The van der Waals surface area contributed by atoms with Crippen LogP contribution in [0.4, 0.5) is 0 Å². The maximum absolute atomic E-state index is 13.9. The molecule has 31 heavy (non-hydrogen) atoms. The van der Waals surface area contributed by atoms with Crippen molar-refractivity contribution in [1.29, 1.82) is 0 Å². The second-order valence-corrected chi connectivity index (χ2v) is 11.8. The molecule has 10 atom stereocenters. The molecule has 4 rings (SSSR count). The maximum atomic E-state index is 13.9. The van der Waals surface area contributed by atoms with Gasteiger partial charge in [0.15, 0.2) is 0 Å². The molecule has 0 spiro atoms. The number of carboxylic acid groups (broad SMARTS) is 1. The molecule has 0 aromatic rings. The first-order valence-corrected chi connectivity index (χ1v) is 12.5. The first-order valence-electron chi connectivity index (χ1n) is 12.5. The Morgan fingerprint density at radius 1 is 1.10 bits per heavy atom. The van der Waals surface area contributed by atoms with Crippen molar-refractivity contribution >= 4 is 11.8 Å². The van der Waals surface area contributed by atoms with Crippen molar-refractivity contribution in [3.63, 3.8) is 0 Å². The number of aliphatic hydroxyl groups excluding tert-OH is 1. The third-order valence-corrected chi connectivity index (χ3v) is 10.7. The predicted molar refractivity (Wildman–Crippen MR) is 120 cm³/mol. The Balaban J connectivity index is 0.00000272. The van der Waals surface area contributed by atoms with Crippen LogP contribution in [0.3, 0.4) is 0 Å². The molecule has 0 heterocycles. The minimum atomic E-state index is -0.947. The van der Waals surface area contributed by atoms with E-state index in [2.05, 4.69) is 27.7 Å². The minimum Gasteiger partial charge on any atom is -0.550 e. The zero-order valence-electron chi connectivity index (χ0n) is 20.4. The summed E-state index contributed by atoms with van der Waals surface area (Å²) in [5.74, 6) is 1.93. The summed E-state index contributed by atoms with van der Waals surface area (Å²) in [6, 6.07) is 0. The fourth-order valence-corrected chi connectivity index (χ4v) is 9.16. The number of carbonyl (C=O) groups excluding carboxylic acids is 2. The van der Waals surface area contributed by atoms with Crippen LogP contribution in [0.2, 0.25) is 0 Å². The third kappa shape index (κ3) is 3.78. The molecule has 4 fully saturated rings.